The number of nitrogens with one attached hydrogen (secondary N) is 2. The van der Waals surface area contributed by atoms with Crippen molar-refractivity contribution in [2.24, 2.45) is 0 Å². The lowest BCUT2D eigenvalue weighted by molar-refractivity contribution is -0.122. The molecule has 0 atom stereocenters. The minimum atomic E-state index is -0.415. The lowest BCUT2D eigenvalue weighted by atomic mass is 10.0. The van der Waals surface area contributed by atoms with Crippen molar-refractivity contribution in [1.29, 1.82) is 0 Å². The van der Waals surface area contributed by atoms with Crippen LogP contribution in [0.2, 0.25) is 0 Å². The van der Waals surface area contributed by atoms with Crippen molar-refractivity contribution in [3.63, 3.8) is 0 Å². The number of para-hydroxylation sites is 1. The standard InChI is InChI=1S/C27H19N3O3/c31-26-24(25(27(32)29-26)30-13-12-18-8-4-5-9-23(18)30)21-15-28-22-11-10-19(14-20(21)22)33-16-17-6-2-1-3-7-17/h1-15,28H,16H2,(H,29,31,32). The largest absolute Gasteiger partial charge is 0.489 e. The second-order valence-corrected chi connectivity index (χ2v) is 7.94. The van der Waals surface area contributed by atoms with Crippen LogP contribution in [0.5, 0.6) is 5.75 Å². The summed E-state index contributed by atoms with van der Waals surface area (Å²) in [6.45, 7) is 0.439. The van der Waals surface area contributed by atoms with Gasteiger partial charge in [0.15, 0.2) is 0 Å². The average molecular weight is 433 g/mol. The minimum absolute atomic E-state index is 0.317. The third-order valence-corrected chi connectivity index (χ3v) is 5.92. The first-order chi connectivity index (χ1) is 16.2. The van der Waals surface area contributed by atoms with E-state index in [0.717, 1.165) is 27.4 Å². The predicted octanol–water partition coefficient (Wildman–Crippen LogP) is 4.73. The molecule has 0 unspecified atom stereocenters. The molecule has 0 saturated carbocycles. The fourth-order valence-electron chi connectivity index (χ4n) is 4.34. The van der Waals surface area contributed by atoms with Crippen LogP contribution in [-0.2, 0) is 16.2 Å². The monoisotopic (exact) mass is 433 g/mol. The minimum Gasteiger partial charge on any atom is -0.489 e. The number of carbonyl (C=O) groups is 2. The summed E-state index contributed by atoms with van der Waals surface area (Å²) in [7, 11) is 0. The van der Waals surface area contributed by atoms with Gasteiger partial charge in [0, 0.05) is 28.9 Å². The molecular weight excluding hydrogens is 414 g/mol. The van der Waals surface area contributed by atoms with Crippen molar-refractivity contribution >= 4 is 44.9 Å². The summed E-state index contributed by atoms with van der Waals surface area (Å²) in [6, 6.07) is 25.3. The Morgan fingerprint density at radius 3 is 2.55 bits per heavy atom. The zero-order chi connectivity index (χ0) is 22.4. The van der Waals surface area contributed by atoms with Crippen molar-refractivity contribution in [1.82, 2.24) is 14.9 Å². The molecule has 0 radical (unpaired) electrons. The number of carbonyl (C=O) groups excluding carboxylic acids is 2. The SMILES string of the molecule is O=C1NC(=O)C(n2ccc3ccccc32)=C1c1c[nH]c2ccc(OCc3ccccc3)cc12. The van der Waals surface area contributed by atoms with Crippen molar-refractivity contribution in [3.05, 3.63) is 102 Å². The van der Waals surface area contributed by atoms with Gasteiger partial charge in [-0.25, -0.2) is 0 Å². The molecule has 1 aliphatic heterocycles. The lowest BCUT2D eigenvalue weighted by Crippen LogP contribution is -2.23. The van der Waals surface area contributed by atoms with Gasteiger partial charge >= 0.3 is 0 Å². The third kappa shape index (κ3) is 3.20. The number of imide groups is 1. The molecule has 6 heteroatoms. The molecule has 0 aliphatic carbocycles. The van der Waals surface area contributed by atoms with Gasteiger partial charge in [-0.15, -0.1) is 0 Å². The van der Waals surface area contributed by atoms with E-state index in [4.69, 9.17) is 4.74 Å². The Labute approximate surface area is 189 Å². The van der Waals surface area contributed by atoms with Gasteiger partial charge in [-0.1, -0.05) is 48.5 Å². The molecule has 0 bridgehead atoms. The topological polar surface area (TPSA) is 76.1 Å². The maximum atomic E-state index is 12.9. The van der Waals surface area contributed by atoms with Gasteiger partial charge in [-0.05, 0) is 41.3 Å². The molecule has 160 valence electrons. The molecule has 33 heavy (non-hydrogen) atoms. The van der Waals surface area contributed by atoms with E-state index in [1.807, 2.05) is 85.1 Å². The summed E-state index contributed by atoms with van der Waals surface area (Å²) in [5.41, 5.74) is 4.10. The number of H-pyrrole nitrogens is 1. The number of fused-ring (bicyclic) bond motifs is 2. The highest BCUT2D eigenvalue weighted by Gasteiger charge is 2.34. The van der Waals surface area contributed by atoms with Crippen molar-refractivity contribution in [2.75, 3.05) is 0 Å². The molecule has 2 amide bonds. The summed E-state index contributed by atoms with van der Waals surface area (Å²) in [4.78, 5) is 29.0. The first-order valence-electron chi connectivity index (χ1n) is 10.6. The number of nitrogens with zero attached hydrogens (tertiary/aromatic N) is 1. The molecule has 2 aromatic heterocycles. The Morgan fingerprint density at radius 1 is 0.848 bits per heavy atom. The number of rotatable bonds is 5. The molecular formula is C27H19N3O3. The normalized spacial score (nSPS) is 13.8. The van der Waals surface area contributed by atoms with Crippen molar-refractivity contribution in [3.8, 4) is 5.75 Å². The number of hydrogen-bond donors (Lipinski definition) is 2. The summed E-state index contributed by atoms with van der Waals surface area (Å²) in [6.07, 6.45) is 3.59. The first-order valence-corrected chi connectivity index (χ1v) is 10.6. The smallest absolute Gasteiger partial charge is 0.275 e. The van der Waals surface area contributed by atoms with E-state index in [2.05, 4.69) is 10.3 Å². The Morgan fingerprint density at radius 2 is 1.67 bits per heavy atom. The van der Waals surface area contributed by atoms with E-state index in [1.165, 1.54) is 0 Å². The number of aromatic nitrogens is 2. The molecule has 2 N–H and O–H groups in total. The van der Waals surface area contributed by atoms with Crippen LogP contribution >= 0.6 is 0 Å². The van der Waals surface area contributed by atoms with Crippen LogP contribution in [0.3, 0.4) is 0 Å². The molecule has 0 fully saturated rings. The fourth-order valence-corrected chi connectivity index (χ4v) is 4.34. The Kier molecular flexibility index (Phi) is 4.36. The van der Waals surface area contributed by atoms with Crippen molar-refractivity contribution < 1.29 is 14.3 Å². The van der Waals surface area contributed by atoms with Gasteiger partial charge in [-0.2, -0.15) is 0 Å². The molecule has 6 rings (SSSR count). The van der Waals surface area contributed by atoms with Crippen molar-refractivity contribution in [2.45, 2.75) is 6.61 Å². The van der Waals surface area contributed by atoms with Crippen LogP contribution in [0.4, 0.5) is 0 Å². The van der Waals surface area contributed by atoms with Crippen LogP contribution in [0.25, 0.3) is 33.1 Å². The number of hydrogen-bond acceptors (Lipinski definition) is 3. The second kappa shape index (κ2) is 7.53. The molecule has 5 aromatic rings. The Hall–Kier alpha value is -4.58. The summed E-state index contributed by atoms with van der Waals surface area (Å²) in [5, 5.41) is 4.27. The maximum absolute atomic E-state index is 12.9. The van der Waals surface area contributed by atoms with Gasteiger partial charge in [0.2, 0.25) is 0 Å². The third-order valence-electron chi connectivity index (χ3n) is 5.92. The average Bonchev–Trinajstić information content (AvgIpc) is 3.52. The van der Waals surface area contributed by atoms with Crippen LogP contribution in [0, 0.1) is 0 Å². The summed E-state index contributed by atoms with van der Waals surface area (Å²) < 4.78 is 7.77. The predicted molar refractivity (Wildman–Crippen MR) is 127 cm³/mol. The molecule has 3 aromatic carbocycles. The van der Waals surface area contributed by atoms with Crippen LogP contribution in [0.15, 0.2) is 91.3 Å². The lowest BCUT2D eigenvalue weighted by Gasteiger charge is -2.09. The van der Waals surface area contributed by atoms with Gasteiger partial charge in [0.1, 0.15) is 18.1 Å². The molecule has 0 spiro atoms. The highest BCUT2D eigenvalue weighted by Crippen LogP contribution is 2.35. The highest BCUT2D eigenvalue weighted by molar-refractivity contribution is 6.47. The van der Waals surface area contributed by atoms with Crippen LogP contribution in [-0.4, -0.2) is 21.4 Å². The van der Waals surface area contributed by atoms with E-state index in [0.29, 0.717) is 29.2 Å². The van der Waals surface area contributed by atoms with E-state index in [9.17, 15) is 9.59 Å². The Bertz CT molecular complexity index is 1570. The zero-order valence-electron chi connectivity index (χ0n) is 17.5. The number of amides is 2. The van der Waals surface area contributed by atoms with Gasteiger partial charge in [-0.3, -0.25) is 14.9 Å². The fraction of sp³-hybridized carbons (Fsp3) is 0.0370. The van der Waals surface area contributed by atoms with Crippen LogP contribution < -0.4 is 10.1 Å². The molecule has 3 heterocycles. The van der Waals surface area contributed by atoms with E-state index in [1.54, 1.807) is 10.8 Å². The maximum Gasteiger partial charge on any atom is 0.275 e. The van der Waals surface area contributed by atoms with E-state index in [-0.39, 0.29) is 0 Å². The van der Waals surface area contributed by atoms with Crippen LogP contribution in [0.1, 0.15) is 11.1 Å². The number of benzene rings is 3. The first kappa shape index (κ1) is 19.1. The second-order valence-electron chi connectivity index (χ2n) is 7.94. The van der Waals surface area contributed by atoms with E-state index < -0.39 is 11.8 Å². The molecule has 1 aliphatic rings. The van der Waals surface area contributed by atoms with Gasteiger partial charge in [0.05, 0.1) is 11.1 Å². The van der Waals surface area contributed by atoms with Gasteiger partial charge < -0.3 is 14.3 Å². The summed E-state index contributed by atoms with van der Waals surface area (Å²) in [5.74, 6) is -0.142. The summed E-state index contributed by atoms with van der Waals surface area (Å²) >= 11 is 0. The quantitative estimate of drug-likeness (QED) is 0.394. The zero-order valence-corrected chi connectivity index (χ0v) is 17.5. The Balaban J connectivity index is 1.46. The van der Waals surface area contributed by atoms with Gasteiger partial charge in [0.25, 0.3) is 11.8 Å². The number of ether oxygens (including phenoxy) is 1. The highest BCUT2D eigenvalue weighted by atomic mass is 16.5. The molecule has 6 nitrogen and oxygen atoms in total. The molecule has 0 saturated heterocycles. The van der Waals surface area contributed by atoms with E-state index >= 15 is 0 Å². The number of aromatic amines is 1.